The molecule has 0 fully saturated rings. The van der Waals surface area contributed by atoms with Crippen LogP contribution in [0.4, 0.5) is 0 Å². The second-order valence-electron chi connectivity index (χ2n) is 7.49. The van der Waals surface area contributed by atoms with Crippen LogP contribution >= 0.6 is 0 Å². The number of unbranched alkanes of at least 4 members (excludes halogenated alkanes) is 1. The van der Waals surface area contributed by atoms with Crippen molar-refractivity contribution in [3.05, 3.63) is 64.7 Å². The van der Waals surface area contributed by atoms with Gasteiger partial charge in [-0.2, -0.15) is 0 Å². The molecule has 0 aromatic heterocycles. The Bertz CT molecular complexity index is 861. The second-order valence-corrected chi connectivity index (χ2v) is 7.49. The van der Waals surface area contributed by atoms with Crippen molar-refractivity contribution in [1.29, 1.82) is 0 Å². The molecule has 0 atom stereocenters. The second kappa shape index (κ2) is 16.0. The summed E-state index contributed by atoms with van der Waals surface area (Å²) in [5, 5.41) is 0. The molecule has 2 aromatic rings. The Morgan fingerprint density at radius 3 is 2.39 bits per heavy atom. The molecule has 2 aromatic carbocycles. The number of ether oxygens (including phenoxy) is 5. The van der Waals surface area contributed by atoms with E-state index in [9.17, 15) is 4.79 Å². The van der Waals surface area contributed by atoms with E-state index < -0.39 is 0 Å². The molecule has 0 aliphatic carbocycles. The zero-order valence-electron chi connectivity index (χ0n) is 20.0. The molecule has 0 heterocycles. The van der Waals surface area contributed by atoms with Gasteiger partial charge < -0.3 is 23.7 Å². The van der Waals surface area contributed by atoms with E-state index in [0.717, 1.165) is 41.7 Å². The summed E-state index contributed by atoms with van der Waals surface area (Å²) in [6.45, 7) is 6.00. The van der Waals surface area contributed by atoms with Crippen molar-refractivity contribution >= 4 is 18.1 Å². The first-order chi connectivity index (χ1) is 16.1. The number of hydrogen-bond donors (Lipinski definition) is 0. The van der Waals surface area contributed by atoms with Crippen molar-refractivity contribution in [2.45, 2.75) is 46.1 Å². The molecule has 6 nitrogen and oxygen atoms in total. The van der Waals surface area contributed by atoms with E-state index in [1.165, 1.54) is 12.7 Å². The normalized spacial score (nSPS) is 11.1. The standard InChI is InChI=1S/C27H36O6/c1-4-30-20-32-19-25-16-24(17-26(18-25)33-21-31-5-2)14-13-23-11-8-10-22(15-23)9-6-7-12-27(28)29-3/h8,10-11,13-18H,4-7,9,12,19-21H2,1-3H3/b14-13+. The van der Waals surface area contributed by atoms with E-state index in [1.54, 1.807) is 0 Å². The Kier molecular flexibility index (Phi) is 12.9. The van der Waals surface area contributed by atoms with E-state index in [2.05, 4.69) is 42.5 Å². The van der Waals surface area contributed by atoms with Gasteiger partial charge in [0.25, 0.3) is 0 Å². The third-order valence-corrected chi connectivity index (χ3v) is 4.88. The maximum Gasteiger partial charge on any atom is 0.305 e. The summed E-state index contributed by atoms with van der Waals surface area (Å²) in [5.41, 5.74) is 4.39. The SMILES string of the molecule is CCOCOCc1cc(/C=C/c2cccc(CCCCC(=O)OC)c2)cc(OCOCC)c1. The van der Waals surface area contributed by atoms with Gasteiger partial charge in [-0.3, -0.25) is 4.79 Å². The molecule has 0 aliphatic rings. The molecule has 0 N–H and O–H groups in total. The quantitative estimate of drug-likeness (QED) is 0.141. The van der Waals surface area contributed by atoms with Crippen LogP contribution in [-0.2, 0) is 36.8 Å². The number of carbonyl (C=O) groups is 1. The van der Waals surface area contributed by atoms with E-state index in [1.807, 2.05) is 26.0 Å². The smallest absolute Gasteiger partial charge is 0.305 e. The maximum atomic E-state index is 11.2. The first kappa shape index (κ1) is 26.6. The zero-order valence-corrected chi connectivity index (χ0v) is 20.0. The Hall–Kier alpha value is -2.67. The first-order valence-electron chi connectivity index (χ1n) is 11.5. The molecule has 2 rings (SSSR count). The lowest BCUT2D eigenvalue weighted by Gasteiger charge is -2.10. The summed E-state index contributed by atoms with van der Waals surface area (Å²) in [7, 11) is 1.43. The van der Waals surface area contributed by atoms with Crippen LogP contribution in [0.15, 0.2) is 42.5 Å². The summed E-state index contributed by atoms with van der Waals surface area (Å²) in [4.78, 5) is 11.2. The Morgan fingerprint density at radius 2 is 1.61 bits per heavy atom. The molecule has 0 bridgehead atoms. The van der Waals surface area contributed by atoms with E-state index >= 15 is 0 Å². The van der Waals surface area contributed by atoms with Gasteiger partial charge in [-0.15, -0.1) is 0 Å². The van der Waals surface area contributed by atoms with E-state index in [0.29, 0.717) is 26.2 Å². The van der Waals surface area contributed by atoms with Crippen molar-refractivity contribution in [1.82, 2.24) is 0 Å². The van der Waals surface area contributed by atoms with Crippen molar-refractivity contribution in [2.24, 2.45) is 0 Å². The molecular formula is C27H36O6. The van der Waals surface area contributed by atoms with Crippen LogP contribution in [0.5, 0.6) is 5.75 Å². The van der Waals surface area contributed by atoms with Gasteiger partial charge in [-0.25, -0.2) is 0 Å². The van der Waals surface area contributed by atoms with Crippen molar-refractivity contribution in [3.63, 3.8) is 0 Å². The molecule has 33 heavy (non-hydrogen) atoms. The van der Waals surface area contributed by atoms with Gasteiger partial charge in [0.05, 0.1) is 13.7 Å². The summed E-state index contributed by atoms with van der Waals surface area (Å²) in [6, 6.07) is 14.4. The maximum absolute atomic E-state index is 11.2. The summed E-state index contributed by atoms with van der Waals surface area (Å²) in [5.74, 6) is 0.585. The van der Waals surface area contributed by atoms with Gasteiger partial charge >= 0.3 is 5.97 Å². The average Bonchev–Trinajstić information content (AvgIpc) is 2.83. The molecule has 0 amide bonds. The number of hydrogen-bond acceptors (Lipinski definition) is 6. The van der Waals surface area contributed by atoms with Crippen LogP contribution in [-0.4, -0.2) is 39.9 Å². The number of esters is 1. The highest BCUT2D eigenvalue weighted by Gasteiger charge is 2.03. The topological polar surface area (TPSA) is 63.2 Å². The monoisotopic (exact) mass is 456 g/mol. The lowest BCUT2D eigenvalue weighted by atomic mass is 10.0. The van der Waals surface area contributed by atoms with Gasteiger partial charge in [0.1, 0.15) is 12.5 Å². The molecule has 6 heteroatoms. The number of aryl methyl sites for hydroxylation is 1. The number of carbonyl (C=O) groups excluding carboxylic acids is 1. The van der Waals surface area contributed by atoms with Crippen molar-refractivity contribution in [3.8, 4) is 5.75 Å². The van der Waals surface area contributed by atoms with Crippen LogP contribution < -0.4 is 4.74 Å². The fraction of sp³-hybridized carbons (Fsp3) is 0.444. The third-order valence-electron chi connectivity index (χ3n) is 4.88. The number of methoxy groups -OCH3 is 1. The molecule has 0 spiro atoms. The Balaban J connectivity index is 2.03. The highest BCUT2D eigenvalue weighted by molar-refractivity contribution is 5.71. The lowest BCUT2D eigenvalue weighted by Crippen LogP contribution is -2.04. The van der Waals surface area contributed by atoms with Crippen molar-refractivity contribution < 1.29 is 28.5 Å². The Morgan fingerprint density at radius 1 is 0.848 bits per heavy atom. The van der Waals surface area contributed by atoms with E-state index in [4.69, 9.17) is 23.7 Å². The molecule has 0 aliphatic heterocycles. The molecule has 0 saturated heterocycles. The van der Waals surface area contributed by atoms with Crippen LogP contribution in [0.25, 0.3) is 12.2 Å². The third kappa shape index (κ3) is 11.1. The van der Waals surface area contributed by atoms with Crippen LogP contribution in [0, 0.1) is 0 Å². The molecule has 180 valence electrons. The zero-order chi connectivity index (χ0) is 23.7. The Labute approximate surface area is 197 Å². The average molecular weight is 457 g/mol. The molecule has 0 saturated carbocycles. The van der Waals surface area contributed by atoms with Gasteiger partial charge in [-0.05, 0) is 73.6 Å². The summed E-state index contributed by atoms with van der Waals surface area (Å²) in [6.07, 6.45) is 7.33. The summed E-state index contributed by atoms with van der Waals surface area (Å²) < 4.78 is 26.6. The van der Waals surface area contributed by atoms with Gasteiger partial charge in [0.2, 0.25) is 0 Å². The van der Waals surface area contributed by atoms with Gasteiger partial charge in [0, 0.05) is 19.6 Å². The highest BCUT2D eigenvalue weighted by atomic mass is 16.7. The lowest BCUT2D eigenvalue weighted by molar-refractivity contribution is -0.140. The van der Waals surface area contributed by atoms with Gasteiger partial charge in [-0.1, -0.05) is 36.4 Å². The van der Waals surface area contributed by atoms with Crippen molar-refractivity contribution in [2.75, 3.05) is 33.9 Å². The fourth-order valence-corrected chi connectivity index (χ4v) is 3.19. The highest BCUT2D eigenvalue weighted by Crippen LogP contribution is 2.21. The predicted octanol–water partition coefficient (Wildman–Crippen LogP) is 5.63. The minimum absolute atomic E-state index is 0.151. The largest absolute Gasteiger partial charge is 0.469 e. The molecule has 0 radical (unpaired) electrons. The minimum Gasteiger partial charge on any atom is -0.469 e. The molecule has 0 unspecified atom stereocenters. The predicted molar refractivity (Wildman–Crippen MR) is 130 cm³/mol. The number of rotatable bonds is 16. The van der Waals surface area contributed by atoms with Crippen LogP contribution in [0.1, 0.15) is 55.4 Å². The first-order valence-corrected chi connectivity index (χ1v) is 11.5. The fourth-order valence-electron chi connectivity index (χ4n) is 3.19. The van der Waals surface area contributed by atoms with Crippen LogP contribution in [0.3, 0.4) is 0 Å². The van der Waals surface area contributed by atoms with E-state index in [-0.39, 0.29) is 19.6 Å². The molecular weight excluding hydrogens is 420 g/mol. The van der Waals surface area contributed by atoms with Gasteiger partial charge in [0.15, 0.2) is 6.79 Å². The number of benzene rings is 2. The van der Waals surface area contributed by atoms with Crippen LogP contribution in [0.2, 0.25) is 0 Å². The summed E-state index contributed by atoms with van der Waals surface area (Å²) >= 11 is 0. The minimum atomic E-state index is -0.151.